The highest BCUT2D eigenvalue weighted by atomic mass is 127. The van der Waals surface area contributed by atoms with E-state index in [0.29, 0.717) is 30.0 Å². The first-order valence-corrected chi connectivity index (χ1v) is 9.13. The first-order chi connectivity index (χ1) is 12.5. The largest absolute Gasteiger partial charge is 0.497 e. The average molecular weight is 468 g/mol. The maximum absolute atomic E-state index is 12.1. The average Bonchev–Trinajstić information content (AvgIpc) is 2.66. The Morgan fingerprint density at radius 2 is 1.81 bits per heavy atom. The van der Waals surface area contributed by atoms with Crippen molar-refractivity contribution in [2.24, 2.45) is 0 Å². The van der Waals surface area contributed by atoms with Gasteiger partial charge in [0.25, 0.3) is 5.91 Å². The van der Waals surface area contributed by atoms with Crippen molar-refractivity contribution >= 4 is 34.4 Å². The van der Waals surface area contributed by atoms with Crippen molar-refractivity contribution in [1.82, 2.24) is 10.6 Å². The number of ether oxygens (including phenoxy) is 2. The lowest BCUT2D eigenvalue weighted by atomic mass is 10.1. The topological polar surface area (TPSA) is 76.7 Å². The van der Waals surface area contributed by atoms with Gasteiger partial charge in [0.2, 0.25) is 5.91 Å². The molecule has 0 heterocycles. The number of hydrogen-bond acceptors (Lipinski definition) is 4. The molecule has 2 N–H and O–H groups in total. The van der Waals surface area contributed by atoms with Crippen LogP contribution in [0.15, 0.2) is 42.5 Å². The summed E-state index contributed by atoms with van der Waals surface area (Å²) >= 11 is 2.09. The van der Waals surface area contributed by atoms with Gasteiger partial charge in [-0.25, -0.2) is 0 Å². The van der Waals surface area contributed by atoms with Gasteiger partial charge in [-0.15, -0.1) is 0 Å². The number of hydrogen-bond donors (Lipinski definition) is 2. The number of halogens is 1. The summed E-state index contributed by atoms with van der Waals surface area (Å²) in [4.78, 5) is 24.0. The highest BCUT2D eigenvalue weighted by molar-refractivity contribution is 14.1. The molecule has 2 amide bonds. The Hall–Kier alpha value is -2.29. The van der Waals surface area contributed by atoms with Gasteiger partial charge in [0, 0.05) is 16.2 Å². The monoisotopic (exact) mass is 468 g/mol. The van der Waals surface area contributed by atoms with Gasteiger partial charge in [0.1, 0.15) is 11.5 Å². The van der Waals surface area contributed by atoms with Gasteiger partial charge in [-0.1, -0.05) is 18.2 Å². The minimum Gasteiger partial charge on any atom is -0.497 e. The predicted octanol–water partition coefficient (Wildman–Crippen LogP) is 2.40. The molecule has 138 valence electrons. The standard InChI is InChI=1S/C19H21IN2O4/c1-25-14-8-7-13(17(11-14)26-2)9-10-21-18(23)12-22-19(24)15-5-3-4-6-16(15)20/h3-8,11H,9-10,12H2,1-2H3,(H,21,23)(H,22,24). The van der Waals surface area contributed by atoms with Crippen LogP contribution < -0.4 is 20.1 Å². The van der Waals surface area contributed by atoms with Crippen molar-refractivity contribution in [3.63, 3.8) is 0 Å². The van der Waals surface area contributed by atoms with E-state index in [1.165, 1.54) is 0 Å². The van der Waals surface area contributed by atoms with Crippen LogP contribution in [0.2, 0.25) is 0 Å². The van der Waals surface area contributed by atoms with E-state index in [1.807, 2.05) is 24.3 Å². The number of carbonyl (C=O) groups excluding carboxylic acids is 2. The maximum atomic E-state index is 12.1. The number of carbonyl (C=O) groups is 2. The lowest BCUT2D eigenvalue weighted by Gasteiger charge is -2.11. The molecule has 0 aliphatic rings. The fourth-order valence-electron chi connectivity index (χ4n) is 2.36. The van der Waals surface area contributed by atoms with E-state index < -0.39 is 0 Å². The quantitative estimate of drug-likeness (QED) is 0.584. The van der Waals surface area contributed by atoms with Crippen LogP contribution in [0.3, 0.4) is 0 Å². The molecular weight excluding hydrogens is 447 g/mol. The third-order valence-electron chi connectivity index (χ3n) is 3.74. The minimum atomic E-state index is -0.262. The molecular formula is C19H21IN2O4. The van der Waals surface area contributed by atoms with Gasteiger partial charge in [-0.2, -0.15) is 0 Å². The molecule has 7 heteroatoms. The summed E-state index contributed by atoms with van der Waals surface area (Å²) < 4.78 is 11.3. The second-order valence-corrected chi connectivity index (χ2v) is 6.60. The van der Waals surface area contributed by atoms with Crippen molar-refractivity contribution < 1.29 is 19.1 Å². The third-order valence-corrected chi connectivity index (χ3v) is 4.68. The molecule has 0 saturated carbocycles. The van der Waals surface area contributed by atoms with E-state index in [2.05, 4.69) is 33.2 Å². The first-order valence-electron chi connectivity index (χ1n) is 8.05. The molecule has 0 unspecified atom stereocenters. The molecule has 0 aliphatic carbocycles. The second-order valence-electron chi connectivity index (χ2n) is 5.44. The van der Waals surface area contributed by atoms with Gasteiger partial charge < -0.3 is 20.1 Å². The highest BCUT2D eigenvalue weighted by Crippen LogP contribution is 2.24. The lowest BCUT2D eigenvalue weighted by Crippen LogP contribution is -2.37. The van der Waals surface area contributed by atoms with Crippen LogP contribution in [-0.4, -0.2) is 39.1 Å². The lowest BCUT2D eigenvalue weighted by molar-refractivity contribution is -0.120. The van der Waals surface area contributed by atoms with E-state index in [4.69, 9.17) is 9.47 Å². The summed E-state index contributed by atoms with van der Waals surface area (Å²) in [6, 6.07) is 12.8. The third kappa shape index (κ3) is 5.62. The van der Waals surface area contributed by atoms with E-state index in [0.717, 1.165) is 9.13 Å². The van der Waals surface area contributed by atoms with Crippen molar-refractivity contribution in [1.29, 1.82) is 0 Å². The first kappa shape index (κ1) is 20.0. The van der Waals surface area contributed by atoms with E-state index >= 15 is 0 Å². The van der Waals surface area contributed by atoms with Crippen LogP contribution in [0, 0.1) is 3.57 Å². The molecule has 0 atom stereocenters. The summed E-state index contributed by atoms with van der Waals surface area (Å²) in [7, 11) is 3.19. The molecule has 0 saturated heterocycles. The number of rotatable bonds is 8. The van der Waals surface area contributed by atoms with Crippen LogP contribution in [0.5, 0.6) is 11.5 Å². The molecule has 2 aromatic rings. The minimum absolute atomic E-state index is 0.0659. The van der Waals surface area contributed by atoms with Crippen LogP contribution in [0.4, 0.5) is 0 Å². The van der Waals surface area contributed by atoms with E-state index in [-0.39, 0.29) is 18.4 Å². The summed E-state index contributed by atoms with van der Waals surface area (Å²) in [6.07, 6.45) is 0.615. The molecule has 0 bridgehead atoms. The van der Waals surface area contributed by atoms with Crippen molar-refractivity contribution in [2.45, 2.75) is 6.42 Å². The molecule has 6 nitrogen and oxygen atoms in total. The van der Waals surface area contributed by atoms with Crippen LogP contribution in [0.25, 0.3) is 0 Å². The second kappa shape index (κ2) is 10.0. The summed E-state index contributed by atoms with van der Waals surface area (Å²) in [5.41, 5.74) is 1.53. The highest BCUT2D eigenvalue weighted by Gasteiger charge is 2.11. The molecule has 2 aromatic carbocycles. The Bertz CT molecular complexity index is 780. The van der Waals surface area contributed by atoms with Crippen LogP contribution in [0.1, 0.15) is 15.9 Å². The number of methoxy groups -OCH3 is 2. The van der Waals surface area contributed by atoms with E-state index in [1.54, 1.807) is 32.4 Å². The zero-order chi connectivity index (χ0) is 18.9. The normalized spacial score (nSPS) is 10.1. The van der Waals surface area contributed by atoms with E-state index in [9.17, 15) is 9.59 Å². The van der Waals surface area contributed by atoms with Crippen molar-refractivity contribution in [2.75, 3.05) is 27.3 Å². The number of benzene rings is 2. The zero-order valence-corrected chi connectivity index (χ0v) is 16.8. The van der Waals surface area contributed by atoms with Gasteiger partial charge in [0.15, 0.2) is 0 Å². The number of nitrogens with one attached hydrogen (secondary N) is 2. The summed E-state index contributed by atoms with van der Waals surface area (Å²) in [5, 5.41) is 5.42. The molecule has 0 radical (unpaired) electrons. The molecule has 0 spiro atoms. The molecule has 0 aromatic heterocycles. The Kier molecular flexibility index (Phi) is 7.71. The fraction of sp³-hybridized carbons (Fsp3) is 0.263. The Morgan fingerprint density at radius 3 is 2.50 bits per heavy atom. The van der Waals surface area contributed by atoms with Crippen LogP contribution >= 0.6 is 22.6 Å². The van der Waals surface area contributed by atoms with Crippen molar-refractivity contribution in [3.8, 4) is 11.5 Å². The Labute approximate surface area is 166 Å². The number of amides is 2. The maximum Gasteiger partial charge on any atom is 0.252 e. The fourth-order valence-corrected chi connectivity index (χ4v) is 2.99. The predicted molar refractivity (Wildman–Crippen MR) is 108 cm³/mol. The smallest absolute Gasteiger partial charge is 0.252 e. The molecule has 0 aliphatic heterocycles. The molecule has 0 fully saturated rings. The summed E-state index contributed by atoms with van der Waals surface area (Å²) in [6.45, 7) is 0.379. The molecule has 2 rings (SSSR count). The van der Waals surface area contributed by atoms with Crippen molar-refractivity contribution in [3.05, 3.63) is 57.2 Å². The summed E-state index contributed by atoms with van der Waals surface area (Å²) in [5.74, 6) is 0.928. The van der Waals surface area contributed by atoms with Gasteiger partial charge in [-0.05, 0) is 52.8 Å². The van der Waals surface area contributed by atoms with Gasteiger partial charge in [-0.3, -0.25) is 9.59 Å². The molecule has 26 heavy (non-hydrogen) atoms. The van der Waals surface area contributed by atoms with Gasteiger partial charge >= 0.3 is 0 Å². The Balaban J connectivity index is 1.79. The SMILES string of the molecule is COc1ccc(CCNC(=O)CNC(=O)c2ccccc2I)c(OC)c1. The zero-order valence-electron chi connectivity index (χ0n) is 14.7. The van der Waals surface area contributed by atoms with Gasteiger partial charge in [0.05, 0.1) is 26.3 Å². The Morgan fingerprint density at radius 1 is 1.04 bits per heavy atom. The van der Waals surface area contributed by atoms with Crippen LogP contribution in [-0.2, 0) is 11.2 Å².